The van der Waals surface area contributed by atoms with Crippen LogP contribution in [0.5, 0.6) is 5.75 Å². The Balaban J connectivity index is 1.70. The predicted octanol–water partition coefficient (Wildman–Crippen LogP) is 8.08. The van der Waals surface area contributed by atoms with Crippen LogP contribution in [0.15, 0.2) is 41.3 Å². The van der Waals surface area contributed by atoms with Crippen molar-refractivity contribution in [2.45, 2.75) is 50.4 Å². The van der Waals surface area contributed by atoms with Gasteiger partial charge in [0, 0.05) is 21.4 Å². The van der Waals surface area contributed by atoms with Crippen LogP contribution in [0.3, 0.4) is 0 Å². The summed E-state index contributed by atoms with van der Waals surface area (Å²) < 4.78 is 80.4. The van der Waals surface area contributed by atoms with Crippen LogP contribution in [-0.2, 0) is 34.9 Å². The van der Waals surface area contributed by atoms with E-state index in [4.69, 9.17) is 0 Å². The Labute approximate surface area is 200 Å². The number of halogens is 6. The Morgan fingerprint density at radius 1 is 1.03 bits per heavy atom. The number of aryl methyl sites for hydroxylation is 1. The Bertz CT molecular complexity index is 1170. The molecule has 34 heavy (non-hydrogen) atoms. The number of alkyl halides is 6. The summed E-state index contributed by atoms with van der Waals surface area (Å²) in [7, 11) is 0. The molecule has 0 aliphatic rings. The second kappa shape index (κ2) is 10.5. The highest BCUT2D eigenvalue weighted by molar-refractivity contribution is 7.99. The van der Waals surface area contributed by atoms with E-state index in [1.54, 1.807) is 6.92 Å². The average molecular weight is 523 g/mol. The van der Waals surface area contributed by atoms with Gasteiger partial charge in [0.05, 0.1) is 5.56 Å². The van der Waals surface area contributed by atoms with E-state index in [1.165, 1.54) is 35.2 Å². The summed E-state index contributed by atoms with van der Waals surface area (Å²) in [5.74, 6) is -0.941. The first-order chi connectivity index (χ1) is 15.9. The number of carbonyl (C=O) groups excluding carboxylic acids is 1. The van der Waals surface area contributed by atoms with Crippen molar-refractivity contribution in [1.82, 2.24) is 0 Å². The van der Waals surface area contributed by atoms with Gasteiger partial charge in [0.25, 0.3) is 0 Å². The number of hydrogen-bond donors (Lipinski definition) is 0. The monoisotopic (exact) mass is 522 g/mol. The van der Waals surface area contributed by atoms with Crippen LogP contribution in [0.2, 0.25) is 0 Å². The van der Waals surface area contributed by atoms with E-state index in [9.17, 15) is 31.1 Å². The molecule has 1 heterocycles. The minimum atomic E-state index is -4.70. The zero-order valence-corrected chi connectivity index (χ0v) is 19.7. The summed E-state index contributed by atoms with van der Waals surface area (Å²) >= 11 is 2.54. The molecule has 0 radical (unpaired) electrons. The fourth-order valence-electron chi connectivity index (χ4n) is 3.39. The maximum Gasteiger partial charge on any atom is 0.420 e. The van der Waals surface area contributed by atoms with Crippen molar-refractivity contribution in [2.75, 3.05) is 5.75 Å². The topological polar surface area (TPSA) is 35.5 Å². The SMILES string of the molecule is CCc1c(SCCCc2cc3ccc(C(F)(F)F)cc3s2)ccc(OOC(C)=O)c1C(F)(F)F. The van der Waals surface area contributed by atoms with E-state index in [1.807, 2.05) is 6.07 Å². The number of thiophene rings is 1. The number of thioether (sulfide) groups is 1. The number of rotatable bonds is 8. The molecule has 3 aromatic rings. The zero-order valence-electron chi connectivity index (χ0n) is 18.1. The Kier molecular flexibility index (Phi) is 8.07. The first-order valence-electron chi connectivity index (χ1n) is 10.2. The minimum Gasteiger partial charge on any atom is -0.286 e. The van der Waals surface area contributed by atoms with E-state index in [2.05, 4.69) is 9.78 Å². The summed E-state index contributed by atoms with van der Waals surface area (Å²) in [6.07, 6.45) is -7.80. The maximum absolute atomic E-state index is 13.7. The van der Waals surface area contributed by atoms with Crippen molar-refractivity contribution >= 4 is 39.2 Å². The summed E-state index contributed by atoms with van der Waals surface area (Å²) in [4.78, 5) is 21.2. The average Bonchev–Trinajstić information content (AvgIpc) is 3.15. The van der Waals surface area contributed by atoms with Gasteiger partial charge in [-0.05, 0) is 66.3 Å². The second-order valence-electron chi connectivity index (χ2n) is 7.34. The smallest absolute Gasteiger partial charge is 0.286 e. The Hall–Kier alpha value is -2.40. The third kappa shape index (κ3) is 6.38. The van der Waals surface area contributed by atoms with Crippen LogP contribution < -0.4 is 4.89 Å². The fraction of sp³-hybridized carbons (Fsp3) is 0.348. The number of carbonyl (C=O) groups is 1. The van der Waals surface area contributed by atoms with Crippen LogP contribution in [0.1, 0.15) is 41.8 Å². The lowest BCUT2D eigenvalue weighted by molar-refractivity contribution is -0.214. The van der Waals surface area contributed by atoms with E-state index in [0.29, 0.717) is 28.2 Å². The lowest BCUT2D eigenvalue weighted by atomic mass is 10.0. The molecule has 0 bridgehead atoms. The minimum absolute atomic E-state index is 0.0451. The molecule has 0 aliphatic heterocycles. The molecule has 11 heteroatoms. The molecule has 0 saturated heterocycles. The largest absolute Gasteiger partial charge is 0.420 e. The summed E-state index contributed by atoms with van der Waals surface area (Å²) in [5, 5.41) is 0.729. The predicted molar refractivity (Wildman–Crippen MR) is 119 cm³/mol. The molecule has 0 saturated carbocycles. The number of benzene rings is 2. The van der Waals surface area contributed by atoms with Crippen molar-refractivity contribution in [3.05, 3.63) is 58.0 Å². The van der Waals surface area contributed by atoms with Gasteiger partial charge >= 0.3 is 18.3 Å². The summed E-state index contributed by atoms with van der Waals surface area (Å²) in [6.45, 7) is 2.61. The van der Waals surface area contributed by atoms with Gasteiger partial charge < -0.3 is 0 Å². The molecule has 3 nitrogen and oxygen atoms in total. The van der Waals surface area contributed by atoms with Crippen molar-refractivity contribution in [1.29, 1.82) is 0 Å². The van der Waals surface area contributed by atoms with Crippen molar-refractivity contribution < 1.29 is 40.9 Å². The molecule has 0 fully saturated rings. The third-order valence-electron chi connectivity index (χ3n) is 4.84. The maximum atomic E-state index is 13.7. The second-order valence-corrected chi connectivity index (χ2v) is 9.65. The van der Waals surface area contributed by atoms with E-state index >= 15 is 0 Å². The highest BCUT2D eigenvalue weighted by Crippen LogP contribution is 2.43. The van der Waals surface area contributed by atoms with Gasteiger partial charge in [-0.15, -0.1) is 23.1 Å². The molecule has 0 N–H and O–H groups in total. The molecule has 1 aromatic heterocycles. The van der Waals surface area contributed by atoms with Gasteiger partial charge in [-0.1, -0.05) is 13.0 Å². The van der Waals surface area contributed by atoms with Gasteiger partial charge in [0.15, 0.2) is 5.75 Å². The van der Waals surface area contributed by atoms with E-state index in [0.717, 1.165) is 35.4 Å². The number of fused-ring (bicyclic) bond motifs is 1. The molecule has 0 aliphatic carbocycles. The van der Waals surface area contributed by atoms with Gasteiger partial charge in [0.2, 0.25) is 0 Å². The molecular weight excluding hydrogens is 502 g/mol. The van der Waals surface area contributed by atoms with Gasteiger partial charge in [-0.2, -0.15) is 26.3 Å². The third-order valence-corrected chi connectivity index (χ3v) is 7.18. The highest BCUT2D eigenvalue weighted by Gasteiger charge is 2.38. The molecule has 3 rings (SSSR count). The summed E-state index contributed by atoms with van der Waals surface area (Å²) in [5.41, 5.74) is -1.63. The standard InChI is InChI=1S/C23H20F6O3S2/c1-3-17-19(9-8-18(32-31-13(2)30)21(17)23(27,28)29)33-10-4-5-16-11-14-6-7-15(22(24,25)26)12-20(14)34-16/h6-9,11-12H,3-5,10H2,1-2H3. The van der Waals surface area contributed by atoms with Gasteiger partial charge in [-0.3, -0.25) is 9.78 Å². The van der Waals surface area contributed by atoms with Crippen LogP contribution in [0.25, 0.3) is 10.1 Å². The normalized spacial score (nSPS) is 12.2. The molecular formula is C23H20F6O3S2. The van der Waals surface area contributed by atoms with Gasteiger partial charge in [-0.25, -0.2) is 4.79 Å². The Morgan fingerprint density at radius 2 is 1.76 bits per heavy atom. The zero-order chi connectivity index (χ0) is 25.1. The molecule has 0 spiro atoms. The molecule has 184 valence electrons. The fourth-order valence-corrected chi connectivity index (χ4v) is 5.63. The lowest BCUT2D eigenvalue weighted by Crippen LogP contribution is -2.14. The van der Waals surface area contributed by atoms with E-state index in [-0.39, 0.29) is 12.0 Å². The van der Waals surface area contributed by atoms with Crippen LogP contribution in [0, 0.1) is 0 Å². The van der Waals surface area contributed by atoms with Crippen molar-refractivity contribution in [3.8, 4) is 5.75 Å². The van der Waals surface area contributed by atoms with Crippen molar-refractivity contribution in [3.63, 3.8) is 0 Å². The van der Waals surface area contributed by atoms with Crippen LogP contribution in [0.4, 0.5) is 26.3 Å². The van der Waals surface area contributed by atoms with Crippen LogP contribution >= 0.6 is 23.1 Å². The lowest BCUT2D eigenvalue weighted by Gasteiger charge is -2.18. The first-order valence-corrected chi connectivity index (χ1v) is 12.0. The molecule has 0 amide bonds. The van der Waals surface area contributed by atoms with Crippen LogP contribution in [-0.4, -0.2) is 11.7 Å². The van der Waals surface area contributed by atoms with Gasteiger partial charge in [0.1, 0.15) is 5.56 Å². The quantitative estimate of drug-likeness (QED) is 0.0985. The first kappa shape index (κ1) is 26.2. The van der Waals surface area contributed by atoms with E-state index < -0.39 is 35.2 Å². The molecule has 0 unspecified atom stereocenters. The molecule has 2 aromatic carbocycles. The van der Waals surface area contributed by atoms with Crippen molar-refractivity contribution in [2.24, 2.45) is 0 Å². The molecule has 0 atom stereocenters. The highest BCUT2D eigenvalue weighted by atomic mass is 32.2. The summed E-state index contributed by atoms with van der Waals surface area (Å²) in [6, 6.07) is 8.08. The number of hydrogen-bond acceptors (Lipinski definition) is 5. The Morgan fingerprint density at radius 3 is 2.38 bits per heavy atom.